The molecule has 144 valence electrons. The van der Waals surface area contributed by atoms with Gasteiger partial charge in [-0.25, -0.2) is 0 Å². The Morgan fingerprint density at radius 2 is 1.26 bits per heavy atom. The molecule has 0 unspecified atom stereocenters. The lowest BCUT2D eigenvalue weighted by Gasteiger charge is -2.40. The summed E-state index contributed by atoms with van der Waals surface area (Å²) in [4.78, 5) is 11.6. The van der Waals surface area contributed by atoms with Crippen molar-refractivity contribution in [2.24, 2.45) is 0 Å². The van der Waals surface area contributed by atoms with E-state index in [9.17, 15) is 36.2 Å². The molecule has 0 amide bonds. The summed E-state index contributed by atoms with van der Waals surface area (Å²) in [5.41, 5.74) is -3.20. The smallest absolute Gasteiger partial charge is 0.399 e. The fourth-order valence-corrected chi connectivity index (χ4v) is 3.09. The number of carbonyl (C=O) groups is 1. The van der Waals surface area contributed by atoms with Crippen LogP contribution in [-0.2, 0) is 9.53 Å². The summed E-state index contributed by atoms with van der Waals surface area (Å²) in [5.74, 6) is -3.68. The van der Waals surface area contributed by atoms with Crippen LogP contribution in [0.5, 0.6) is 0 Å². The van der Waals surface area contributed by atoms with Gasteiger partial charge in [-0.15, -0.1) is 0 Å². The molecule has 3 nitrogen and oxygen atoms in total. The topological polar surface area (TPSA) is 49.4 Å². The third kappa shape index (κ3) is 2.95. The average Bonchev–Trinajstić information content (AvgIpc) is 2.91. The van der Waals surface area contributed by atoms with Crippen LogP contribution in [-0.4, -0.2) is 30.5 Å². The minimum absolute atomic E-state index is 0.585. The second-order valence-corrected chi connectivity index (χ2v) is 6.00. The van der Waals surface area contributed by atoms with E-state index in [1.165, 1.54) is 0 Å². The second-order valence-electron chi connectivity index (χ2n) is 6.00. The van der Waals surface area contributed by atoms with Crippen molar-refractivity contribution in [3.05, 3.63) is 59.7 Å². The molecule has 0 saturated carbocycles. The summed E-state index contributed by atoms with van der Waals surface area (Å²) in [5, 5.41) is 11.4. The molecule has 0 spiro atoms. The zero-order chi connectivity index (χ0) is 20.0. The van der Waals surface area contributed by atoms with Crippen molar-refractivity contribution >= 4 is 5.97 Å². The predicted octanol–water partition coefficient (Wildman–Crippen LogP) is 3.57. The first-order valence-corrected chi connectivity index (χ1v) is 7.68. The monoisotopic (exact) mass is 389 g/mol. The molecule has 0 aromatic heterocycles. The van der Waals surface area contributed by atoms with E-state index in [1.807, 2.05) is 0 Å². The number of halogens is 6. The molecule has 0 heterocycles. The van der Waals surface area contributed by atoms with Crippen LogP contribution in [0.15, 0.2) is 48.5 Å². The van der Waals surface area contributed by atoms with E-state index >= 15 is 0 Å². The van der Waals surface area contributed by atoms with Gasteiger partial charge in [-0.3, -0.25) is 4.79 Å². The largest absolute Gasteiger partial charge is 0.828 e. The molecular formula is C18H11F6O3-. The molecule has 0 saturated heterocycles. The van der Waals surface area contributed by atoms with Gasteiger partial charge in [0.1, 0.15) is 6.61 Å². The molecule has 3 rings (SSSR count). The minimum atomic E-state index is -6.38. The van der Waals surface area contributed by atoms with Crippen molar-refractivity contribution in [2.45, 2.75) is 23.9 Å². The highest BCUT2D eigenvalue weighted by Crippen LogP contribution is 2.46. The van der Waals surface area contributed by atoms with E-state index < -0.39 is 36.4 Å². The molecule has 2 aromatic carbocycles. The van der Waals surface area contributed by atoms with Crippen LogP contribution in [0.4, 0.5) is 26.3 Å². The zero-order valence-electron chi connectivity index (χ0n) is 13.4. The first-order valence-electron chi connectivity index (χ1n) is 7.68. The minimum Gasteiger partial charge on any atom is -0.828 e. The van der Waals surface area contributed by atoms with E-state index in [0.717, 1.165) is 11.1 Å². The number of hydrogen-bond donors (Lipinski definition) is 0. The Labute approximate surface area is 149 Å². The van der Waals surface area contributed by atoms with Gasteiger partial charge in [-0.2, -0.15) is 26.3 Å². The maximum absolute atomic E-state index is 12.7. The summed E-state index contributed by atoms with van der Waals surface area (Å²) < 4.78 is 80.4. The molecule has 9 heteroatoms. The molecule has 0 fully saturated rings. The van der Waals surface area contributed by atoms with Gasteiger partial charge in [0.15, 0.2) is 5.60 Å². The number of alkyl halides is 6. The van der Waals surface area contributed by atoms with Crippen LogP contribution in [0.25, 0.3) is 11.1 Å². The van der Waals surface area contributed by atoms with Crippen LogP contribution >= 0.6 is 0 Å². The summed E-state index contributed by atoms with van der Waals surface area (Å²) in [6.07, 6.45) is -12.8. The number of esters is 1. The third-order valence-corrected chi connectivity index (χ3v) is 4.43. The number of benzene rings is 2. The highest BCUT2D eigenvalue weighted by Gasteiger charge is 2.68. The van der Waals surface area contributed by atoms with E-state index in [-0.39, 0.29) is 0 Å². The van der Waals surface area contributed by atoms with Gasteiger partial charge in [0.25, 0.3) is 0 Å². The highest BCUT2D eigenvalue weighted by atomic mass is 19.4. The lowest BCUT2D eigenvalue weighted by molar-refractivity contribution is -0.574. The lowest BCUT2D eigenvalue weighted by Crippen LogP contribution is -2.71. The zero-order valence-corrected chi connectivity index (χ0v) is 13.4. The van der Waals surface area contributed by atoms with E-state index in [1.54, 1.807) is 48.5 Å². The predicted molar refractivity (Wildman–Crippen MR) is 79.5 cm³/mol. The average molecular weight is 389 g/mol. The molecule has 0 bridgehead atoms. The summed E-state index contributed by atoms with van der Waals surface area (Å²) in [7, 11) is 0. The second kappa shape index (κ2) is 6.26. The van der Waals surface area contributed by atoms with Gasteiger partial charge in [-0.05, 0) is 22.3 Å². The van der Waals surface area contributed by atoms with Crippen molar-refractivity contribution in [3.8, 4) is 11.1 Å². The third-order valence-electron chi connectivity index (χ3n) is 4.43. The van der Waals surface area contributed by atoms with E-state index in [4.69, 9.17) is 0 Å². The fraction of sp³-hybridized carbons (Fsp3) is 0.278. The van der Waals surface area contributed by atoms with Crippen molar-refractivity contribution in [2.75, 3.05) is 6.61 Å². The van der Waals surface area contributed by atoms with Gasteiger partial charge in [0.2, 0.25) is 0 Å². The van der Waals surface area contributed by atoms with Crippen LogP contribution in [0.1, 0.15) is 17.0 Å². The molecular weight excluding hydrogens is 378 g/mol. The van der Waals surface area contributed by atoms with Crippen molar-refractivity contribution in [3.63, 3.8) is 0 Å². The molecule has 1 aliphatic rings. The van der Waals surface area contributed by atoms with E-state index in [2.05, 4.69) is 4.74 Å². The number of carbonyl (C=O) groups excluding carboxylic acids is 1. The van der Waals surface area contributed by atoms with Crippen molar-refractivity contribution in [1.82, 2.24) is 0 Å². The maximum Gasteiger partial charge on any atom is 0.399 e. The van der Waals surface area contributed by atoms with Crippen LogP contribution in [0.3, 0.4) is 0 Å². The van der Waals surface area contributed by atoms with Crippen molar-refractivity contribution < 1.29 is 41.0 Å². The number of rotatable bonds is 3. The van der Waals surface area contributed by atoms with Gasteiger partial charge in [0, 0.05) is 5.92 Å². The van der Waals surface area contributed by atoms with Crippen LogP contribution in [0.2, 0.25) is 0 Å². The van der Waals surface area contributed by atoms with Gasteiger partial charge >= 0.3 is 18.3 Å². The number of fused-ring (bicyclic) bond motifs is 3. The molecule has 0 radical (unpaired) electrons. The summed E-state index contributed by atoms with van der Waals surface area (Å²) in [6, 6.07) is 13.5. The molecule has 27 heavy (non-hydrogen) atoms. The first kappa shape index (κ1) is 19.2. The Bertz CT molecular complexity index is 812. The van der Waals surface area contributed by atoms with Gasteiger partial charge < -0.3 is 9.84 Å². The van der Waals surface area contributed by atoms with Crippen LogP contribution in [0, 0.1) is 0 Å². The maximum atomic E-state index is 12.7. The molecule has 1 aliphatic carbocycles. The standard InChI is InChI=1S/C18H11F6O3/c19-17(20,21)16(26,18(22,23)24)15(25)27-9-14-12-7-3-1-5-10(12)11-6-2-4-8-13(11)14/h1-8,14H,9H2/q-1. The van der Waals surface area contributed by atoms with E-state index in [0.29, 0.717) is 11.1 Å². The number of ether oxygens (including phenoxy) is 1. The summed E-state index contributed by atoms with van der Waals surface area (Å²) >= 11 is 0. The Morgan fingerprint density at radius 3 is 1.67 bits per heavy atom. The first-order chi connectivity index (χ1) is 12.5. The SMILES string of the molecule is O=C(OCC1c2ccccc2-c2ccccc21)C([O-])(C(F)(F)F)C(F)(F)F. The lowest BCUT2D eigenvalue weighted by atomic mass is 9.97. The Kier molecular flexibility index (Phi) is 4.46. The molecule has 0 N–H and O–H groups in total. The van der Waals surface area contributed by atoms with Crippen LogP contribution < -0.4 is 5.11 Å². The quantitative estimate of drug-likeness (QED) is 0.596. The molecule has 0 aliphatic heterocycles. The molecule has 0 atom stereocenters. The van der Waals surface area contributed by atoms with Gasteiger partial charge in [0.05, 0.1) is 0 Å². The normalized spacial score (nSPS) is 14.6. The fourth-order valence-electron chi connectivity index (χ4n) is 3.09. The highest BCUT2D eigenvalue weighted by molar-refractivity contribution is 5.82. The Balaban J connectivity index is 1.90. The summed E-state index contributed by atoms with van der Waals surface area (Å²) in [6.45, 7) is -0.816. The number of hydrogen-bond acceptors (Lipinski definition) is 3. The Morgan fingerprint density at radius 1 is 0.852 bits per heavy atom. The molecule has 2 aromatic rings. The van der Waals surface area contributed by atoms with Gasteiger partial charge in [-0.1, -0.05) is 48.5 Å². The Hall–Kier alpha value is -2.55. The van der Waals surface area contributed by atoms with Crippen molar-refractivity contribution in [1.29, 1.82) is 0 Å².